The Kier molecular flexibility index (Phi) is 5.68. The number of anilines is 1. The van der Waals surface area contributed by atoms with Gasteiger partial charge in [0, 0.05) is 31.2 Å². The molecular formula is C17H26N2O3S. The Bertz CT molecular complexity index is 670. The van der Waals surface area contributed by atoms with Crippen LogP contribution in [0.5, 0.6) is 0 Å². The Hall–Kier alpha value is -1.56. The van der Waals surface area contributed by atoms with E-state index in [2.05, 4.69) is 23.5 Å². The lowest BCUT2D eigenvalue weighted by Crippen LogP contribution is -2.41. The number of rotatable bonds is 6. The summed E-state index contributed by atoms with van der Waals surface area (Å²) in [6, 6.07) is 6.03. The predicted octanol–water partition coefficient (Wildman–Crippen LogP) is 2.14. The fourth-order valence-corrected chi connectivity index (χ4v) is 4.76. The van der Waals surface area contributed by atoms with Crippen molar-refractivity contribution in [1.82, 2.24) is 4.90 Å². The number of sulfone groups is 1. The average molecular weight is 338 g/mol. The first-order valence-corrected chi connectivity index (χ1v) is 9.95. The monoisotopic (exact) mass is 338 g/mol. The maximum atomic E-state index is 12.4. The summed E-state index contributed by atoms with van der Waals surface area (Å²) in [5, 5.41) is 3.30. The van der Waals surface area contributed by atoms with Gasteiger partial charge in [-0.3, -0.25) is 4.79 Å². The highest BCUT2D eigenvalue weighted by Gasteiger charge is 2.33. The fourth-order valence-electron chi connectivity index (χ4n) is 3.03. The summed E-state index contributed by atoms with van der Waals surface area (Å²) >= 11 is 0. The van der Waals surface area contributed by atoms with Crippen molar-refractivity contribution in [3.63, 3.8) is 0 Å². The molecule has 0 spiro atoms. The minimum absolute atomic E-state index is 0.0207. The maximum Gasteiger partial charge on any atom is 0.224 e. The fraction of sp³-hybridized carbons (Fsp3) is 0.588. The van der Waals surface area contributed by atoms with Gasteiger partial charge < -0.3 is 10.2 Å². The number of carbonyl (C=O) groups excluding carboxylic acids is 1. The van der Waals surface area contributed by atoms with Gasteiger partial charge in [0.1, 0.15) is 0 Å². The van der Waals surface area contributed by atoms with Crippen molar-refractivity contribution in [2.45, 2.75) is 39.7 Å². The first kappa shape index (κ1) is 17.8. The van der Waals surface area contributed by atoms with Crippen LogP contribution in [-0.2, 0) is 14.6 Å². The van der Waals surface area contributed by atoms with E-state index in [1.54, 1.807) is 4.90 Å². The second-order valence-corrected chi connectivity index (χ2v) is 8.46. The van der Waals surface area contributed by atoms with Gasteiger partial charge >= 0.3 is 0 Å². The molecule has 1 amide bonds. The van der Waals surface area contributed by atoms with Crippen LogP contribution >= 0.6 is 0 Å². The van der Waals surface area contributed by atoms with Crippen LogP contribution < -0.4 is 5.32 Å². The van der Waals surface area contributed by atoms with Crippen molar-refractivity contribution in [3.8, 4) is 0 Å². The highest BCUT2D eigenvalue weighted by molar-refractivity contribution is 7.91. The topological polar surface area (TPSA) is 66.5 Å². The maximum absolute atomic E-state index is 12.4. The van der Waals surface area contributed by atoms with E-state index in [1.165, 1.54) is 5.56 Å². The SMILES string of the molecule is CCN(C(=O)CCNc1cc(C)ccc1C)C1CCS(=O)(=O)C1. The normalized spacial score (nSPS) is 19.5. The second kappa shape index (κ2) is 7.34. The third-order valence-electron chi connectivity index (χ3n) is 4.36. The van der Waals surface area contributed by atoms with E-state index in [0.717, 1.165) is 11.3 Å². The van der Waals surface area contributed by atoms with E-state index in [-0.39, 0.29) is 23.5 Å². The van der Waals surface area contributed by atoms with Gasteiger partial charge in [-0.25, -0.2) is 8.42 Å². The molecule has 1 fully saturated rings. The van der Waals surface area contributed by atoms with Crippen LogP contribution in [0.2, 0.25) is 0 Å². The molecule has 1 heterocycles. The molecule has 1 aromatic rings. The smallest absolute Gasteiger partial charge is 0.224 e. The van der Waals surface area contributed by atoms with Gasteiger partial charge in [-0.15, -0.1) is 0 Å². The molecule has 0 radical (unpaired) electrons. The molecule has 1 unspecified atom stereocenters. The van der Waals surface area contributed by atoms with E-state index in [0.29, 0.717) is 25.9 Å². The number of hydrogen-bond donors (Lipinski definition) is 1. The summed E-state index contributed by atoms with van der Waals surface area (Å²) in [6.07, 6.45) is 0.935. The molecule has 1 atom stereocenters. The molecule has 2 rings (SSSR count). The van der Waals surface area contributed by atoms with Crippen LogP contribution in [0.15, 0.2) is 18.2 Å². The lowest BCUT2D eigenvalue weighted by molar-refractivity contribution is -0.132. The van der Waals surface area contributed by atoms with Crippen LogP contribution in [0.4, 0.5) is 5.69 Å². The highest BCUT2D eigenvalue weighted by Crippen LogP contribution is 2.19. The molecule has 0 aromatic heterocycles. The summed E-state index contributed by atoms with van der Waals surface area (Å²) in [5.41, 5.74) is 3.37. The lowest BCUT2D eigenvalue weighted by atomic mass is 10.1. The molecule has 1 N–H and O–H groups in total. The first-order valence-electron chi connectivity index (χ1n) is 8.13. The van der Waals surface area contributed by atoms with Crippen molar-refractivity contribution in [2.24, 2.45) is 0 Å². The Morgan fingerprint density at radius 2 is 2.09 bits per heavy atom. The molecule has 1 aliphatic heterocycles. The lowest BCUT2D eigenvalue weighted by Gasteiger charge is -2.27. The van der Waals surface area contributed by atoms with E-state index in [1.807, 2.05) is 20.8 Å². The second-order valence-electron chi connectivity index (χ2n) is 6.23. The Morgan fingerprint density at radius 3 is 2.70 bits per heavy atom. The number of nitrogens with one attached hydrogen (secondary N) is 1. The van der Waals surface area contributed by atoms with Gasteiger partial charge in [0.15, 0.2) is 9.84 Å². The Balaban J connectivity index is 1.89. The number of aryl methyl sites for hydroxylation is 2. The quantitative estimate of drug-likeness (QED) is 0.863. The third kappa shape index (κ3) is 4.70. The van der Waals surface area contributed by atoms with E-state index in [9.17, 15) is 13.2 Å². The molecule has 0 saturated carbocycles. The Labute approximate surface area is 139 Å². The number of nitrogens with zero attached hydrogens (tertiary/aromatic N) is 1. The van der Waals surface area contributed by atoms with Crippen molar-refractivity contribution < 1.29 is 13.2 Å². The van der Waals surface area contributed by atoms with Gasteiger partial charge in [-0.2, -0.15) is 0 Å². The zero-order valence-corrected chi connectivity index (χ0v) is 14.9. The minimum Gasteiger partial charge on any atom is -0.384 e. The first-order chi connectivity index (χ1) is 10.8. The summed E-state index contributed by atoms with van der Waals surface area (Å²) in [6.45, 7) is 7.09. The standard InChI is InChI=1S/C17H26N2O3S/c1-4-19(15-8-10-23(21,22)12-15)17(20)7-9-18-16-11-13(2)5-6-14(16)3/h5-6,11,15,18H,4,7-10,12H2,1-3H3. The number of benzene rings is 1. The average Bonchev–Trinajstić information content (AvgIpc) is 2.83. The molecule has 1 saturated heterocycles. The summed E-state index contributed by atoms with van der Waals surface area (Å²) < 4.78 is 23.2. The van der Waals surface area contributed by atoms with Gasteiger partial charge in [-0.1, -0.05) is 12.1 Å². The molecule has 128 valence electrons. The summed E-state index contributed by atoms with van der Waals surface area (Å²) in [5.74, 6) is 0.325. The molecular weight excluding hydrogens is 312 g/mol. The zero-order valence-electron chi connectivity index (χ0n) is 14.1. The van der Waals surface area contributed by atoms with Gasteiger partial charge in [-0.05, 0) is 44.4 Å². The van der Waals surface area contributed by atoms with Gasteiger partial charge in [0.25, 0.3) is 0 Å². The highest BCUT2D eigenvalue weighted by atomic mass is 32.2. The molecule has 6 heteroatoms. The van der Waals surface area contributed by atoms with E-state index < -0.39 is 9.84 Å². The summed E-state index contributed by atoms with van der Waals surface area (Å²) in [4.78, 5) is 14.1. The largest absolute Gasteiger partial charge is 0.384 e. The van der Waals surface area contributed by atoms with Crippen molar-refractivity contribution in [1.29, 1.82) is 0 Å². The van der Waals surface area contributed by atoms with Crippen LogP contribution in [0.3, 0.4) is 0 Å². The molecule has 0 bridgehead atoms. The van der Waals surface area contributed by atoms with Crippen molar-refractivity contribution in [2.75, 3.05) is 29.9 Å². The number of amides is 1. The molecule has 1 aromatic carbocycles. The van der Waals surface area contributed by atoms with Crippen LogP contribution in [0.1, 0.15) is 30.9 Å². The molecule has 5 nitrogen and oxygen atoms in total. The zero-order chi connectivity index (χ0) is 17.0. The van der Waals surface area contributed by atoms with E-state index in [4.69, 9.17) is 0 Å². The molecule has 0 aliphatic carbocycles. The van der Waals surface area contributed by atoms with Gasteiger partial charge in [0.2, 0.25) is 5.91 Å². The molecule has 1 aliphatic rings. The molecule has 23 heavy (non-hydrogen) atoms. The minimum atomic E-state index is -2.97. The third-order valence-corrected chi connectivity index (χ3v) is 6.11. The Morgan fingerprint density at radius 1 is 1.35 bits per heavy atom. The summed E-state index contributed by atoms with van der Waals surface area (Å²) in [7, 11) is -2.97. The predicted molar refractivity (Wildman–Crippen MR) is 93.5 cm³/mol. The van der Waals surface area contributed by atoms with Gasteiger partial charge in [0.05, 0.1) is 11.5 Å². The number of hydrogen-bond acceptors (Lipinski definition) is 4. The van der Waals surface area contributed by atoms with Crippen LogP contribution in [0, 0.1) is 13.8 Å². The van der Waals surface area contributed by atoms with E-state index >= 15 is 0 Å². The van der Waals surface area contributed by atoms with Crippen molar-refractivity contribution >= 4 is 21.4 Å². The van der Waals surface area contributed by atoms with Crippen LogP contribution in [-0.4, -0.2) is 49.9 Å². The van der Waals surface area contributed by atoms with Crippen LogP contribution in [0.25, 0.3) is 0 Å². The van der Waals surface area contributed by atoms with Crippen molar-refractivity contribution in [3.05, 3.63) is 29.3 Å². The number of carbonyl (C=O) groups is 1.